The molecule has 0 N–H and O–H groups in total. The second-order valence-corrected chi connectivity index (χ2v) is 2.47. The highest BCUT2D eigenvalue weighted by atomic mass is 16.5. The monoisotopic (exact) mass is 190 g/mol. The summed E-state index contributed by atoms with van der Waals surface area (Å²) in [7, 11) is 0. The molecule has 0 amide bonds. The predicted octanol–water partition coefficient (Wildman–Crippen LogP) is 2.92. The van der Waals surface area contributed by atoms with Gasteiger partial charge in [0.1, 0.15) is 5.76 Å². The molecule has 0 atom stereocenters. The van der Waals surface area contributed by atoms with E-state index < -0.39 is 0 Å². The lowest BCUT2D eigenvalue weighted by Crippen LogP contribution is -1.93. The molecule has 14 heavy (non-hydrogen) atoms. The first-order valence-electron chi connectivity index (χ1n) is 4.12. The SMILES string of the molecule is C=C/C=C(\C=C/C)C(=C)OC(=C)C=O. The minimum atomic E-state index is 0.0365. The lowest BCUT2D eigenvalue weighted by molar-refractivity contribution is -0.107. The van der Waals surface area contributed by atoms with Gasteiger partial charge < -0.3 is 4.74 Å². The van der Waals surface area contributed by atoms with Crippen molar-refractivity contribution in [2.75, 3.05) is 0 Å². The molecular formula is C12H14O2. The average Bonchev–Trinajstić information content (AvgIpc) is 2.17. The molecule has 0 bridgehead atoms. The van der Waals surface area contributed by atoms with Gasteiger partial charge in [-0.2, -0.15) is 0 Å². The third-order valence-corrected chi connectivity index (χ3v) is 1.35. The Labute approximate surface area is 84.6 Å². The van der Waals surface area contributed by atoms with E-state index in [-0.39, 0.29) is 5.76 Å². The highest BCUT2D eigenvalue weighted by molar-refractivity contribution is 5.69. The highest BCUT2D eigenvalue weighted by Crippen LogP contribution is 2.13. The van der Waals surface area contributed by atoms with Crippen molar-refractivity contribution in [2.45, 2.75) is 6.92 Å². The van der Waals surface area contributed by atoms with Gasteiger partial charge in [-0.05, 0) is 6.92 Å². The maximum absolute atomic E-state index is 10.3. The molecule has 0 aliphatic rings. The summed E-state index contributed by atoms with van der Waals surface area (Å²) in [6.07, 6.45) is 7.54. The molecule has 0 radical (unpaired) electrons. The van der Waals surface area contributed by atoms with Crippen LogP contribution in [0.15, 0.2) is 61.1 Å². The Kier molecular flexibility index (Phi) is 5.79. The standard InChI is InChI=1S/C12H14O2/c1-5-7-12(8-6-2)11(4)14-10(3)9-13/h5-9H,1,3-4H2,2H3/b8-6-,12-7+. The third kappa shape index (κ3) is 4.26. The zero-order valence-electron chi connectivity index (χ0n) is 8.32. The van der Waals surface area contributed by atoms with Crippen molar-refractivity contribution in [3.63, 3.8) is 0 Å². The summed E-state index contributed by atoms with van der Waals surface area (Å²) in [4.78, 5) is 10.3. The fourth-order valence-corrected chi connectivity index (χ4v) is 0.789. The van der Waals surface area contributed by atoms with Crippen LogP contribution in [-0.4, -0.2) is 6.29 Å². The quantitative estimate of drug-likeness (QED) is 0.278. The Hall–Kier alpha value is -1.83. The zero-order chi connectivity index (χ0) is 11.0. The fraction of sp³-hybridized carbons (Fsp3) is 0.0833. The molecule has 2 heteroatoms. The van der Waals surface area contributed by atoms with Gasteiger partial charge in [0.05, 0.1) is 0 Å². The van der Waals surface area contributed by atoms with Crippen molar-refractivity contribution in [1.82, 2.24) is 0 Å². The number of ether oxygens (including phenoxy) is 1. The van der Waals surface area contributed by atoms with E-state index in [4.69, 9.17) is 4.74 Å². The van der Waals surface area contributed by atoms with Gasteiger partial charge in [-0.25, -0.2) is 0 Å². The summed E-state index contributed by atoms with van der Waals surface area (Å²) in [6.45, 7) is 12.5. The molecule has 0 rings (SSSR count). The van der Waals surface area contributed by atoms with Crippen LogP contribution in [0.25, 0.3) is 0 Å². The molecule has 74 valence electrons. The average molecular weight is 190 g/mol. The normalized spacial score (nSPS) is 11.1. The summed E-state index contributed by atoms with van der Waals surface area (Å²) in [5.74, 6) is 0.412. The van der Waals surface area contributed by atoms with Crippen LogP contribution in [0, 0.1) is 0 Å². The third-order valence-electron chi connectivity index (χ3n) is 1.35. The topological polar surface area (TPSA) is 26.3 Å². The number of hydrogen-bond acceptors (Lipinski definition) is 2. The van der Waals surface area contributed by atoms with E-state index >= 15 is 0 Å². The van der Waals surface area contributed by atoms with Gasteiger partial charge in [0.25, 0.3) is 0 Å². The number of allylic oxidation sites excluding steroid dienone is 5. The van der Waals surface area contributed by atoms with E-state index in [1.165, 1.54) is 0 Å². The largest absolute Gasteiger partial charge is 0.455 e. The van der Waals surface area contributed by atoms with Crippen LogP contribution in [0.4, 0.5) is 0 Å². The molecule has 0 aliphatic carbocycles. The lowest BCUT2D eigenvalue weighted by Gasteiger charge is -2.07. The predicted molar refractivity (Wildman–Crippen MR) is 58.5 cm³/mol. The van der Waals surface area contributed by atoms with E-state index in [9.17, 15) is 4.79 Å². The fourth-order valence-electron chi connectivity index (χ4n) is 0.789. The van der Waals surface area contributed by atoms with Crippen LogP contribution >= 0.6 is 0 Å². The first-order valence-corrected chi connectivity index (χ1v) is 4.12. The second kappa shape index (κ2) is 6.66. The van der Waals surface area contributed by atoms with Crippen LogP contribution in [-0.2, 0) is 9.53 Å². The van der Waals surface area contributed by atoms with Crippen molar-refractivity contribution in [3.8, 4) is 0 Å². The van der Waals surface area contributed by atoms with Gasteiger partial charge in [-0.3, -0.25) is 4.79 Å². The minimum Gasteiger partial charge on any atom is -0.455 e. The number of hydrogen-bond donors (Lipinski definition) is 0. The second-order valence-electron chi connectivity index (χ2n) is 2.47. The Bertz CT molecular complexity index is 306. The molecule has 0 aromatic heterocycles. The van der Waals surface area contributed by atoms with Crippen LogP contribution < -0.4 is 0 Å². The smallest absolute Gasteiger partial charge is 0.184 e. The summed E-state index contributed by atoms with van der Waals surface area (Å²) in [5.41, 5.74) is 0.755. The first-order chi connectivity index (χ1) is 6.65. The number of carbonyl (C=O) groups excluding carboxylic acids is 1. The Morgan fingerprint density at radius 1 is 1.36 bits per heavy atom. The first kappa shape index (κ1) is 12.2. The van der Waals surface area contributed by atoms with Crippen LogP contribution in [0.2, 0.25) is 0 Å². The van der Waals surface area contributed by atoms with Crippen LogP contribution in [0.3, 0.4) is 0 Å². The summed E-state index contributed by atoms with van der Waals surface area (Å²) in [6, 6.07) is 0. The number of carbonyl (C=O) groups is 1. The molecule has 0 saturated carbocycles. The molecule has 0 unspecified atom stereocenters. The lowest BCUT2D eigenvalue weighted by atomic mass is 10.2. The van der Waals surface area contributed by atoms with E-state index in [1.54, 1.807) is 12.2 Å². The zero-order valence-corrected chi connectivity index (χ0v) is 8.32. The number of rotatable bonds is 6. The van der Waals surface area contributed by atoms with Gasteiger partial charge in [0, 0.05) is 5.57 Å². The molecule has 0 heterocycles. The Balaban J connectivity index is 4.61. The summed E-state index contributed by atoms with van der Waals surface area (Å²) >= 11 is 0. The molecule has 0 spiro atoms. The maximum Gasteiger partial charge on any atom is 0.184 e. The van der Waals surface area contributed by atoms with Gasteiger partial charge >= 0.3 is 0 Å². The van der Waals surface area contributed by atoms with E-state index in [0.717, 1.165) is 5.57 Å². The van der Waals surface area contributed by atoms with E-state index in [2.05, 4.69) is 19.7 Å². The van der Waals surface area contributed by atoms with Gasteiger partial charge in [0.15, 0.2) is 12.0 Å². The molecule has 2 nitrogen and oxygen atoms in total. The van der Waals surface area contributed by atoms with E-state index in [1.807, 2.05) is 19.1 Å². The maximum atomic E-state index is 10.3. The molecule has 0 aliphatic heterocycles. The Morgan fingerprint density at radius 2 is 2.00 bits per heavy atom. The van der Waals surface area contributed by atoms with Crippen molar-refractivity contribution in [2.24, 2.45) is 0 Å². The van der Waals surface area contributed by atoms with Crippen LogP contribution in [0.1, 0.15) is 6.92 Å². The molecule has 0 aromatic carbocycles. The van der Waals surface area contributed by atoms with Crippen molar-refractivity contribution in [1.29, 1.82) is 0 Å². The van der Waals surface area contributed by atoms with Gasteiger partial charge in [-0.1, -0.05) is 44.0 Å². The van der Waals surface area contributed by atoms with Gasteiger partial charge in [0.2, 0.25) is 0 Å². The van der Waals surface area contributed by atoms with Crippen molar-refractivity contribution in [3.05, 3.63) is 61.1 Å². The highest BCUT2D eigenvalue weighted by Gasteiger charge is 2.01. The summed E-state index contributed by atoms with van der Waals surface area (Å²) in [5, 5.41) is 0. The summed E-state index contributed by atoms with van der Waals surface area (Å²) < 4.78 is 5.04. The molecule has 0 fully saturated rings. The van der Waals surface area contributed by atoms with Crippen molar-refractivity contribution >= 4 is 6.29 Å². The minimum absolute atomic E-state index is 0.0365. The molecule has 0 aromatic rings. The molecular weight excluding hydrogens is 176 g/mol. The van der Waals surface area contributed by atoms with Crippen molar-refractivity contribution < 1.29 is 9.53 Å². The van der Waals surface area contributed by atoms with Gasteiger partial charge in [-0.15, -0.1) is 0 Å². The van der Waals surface area contributed by atoms with Crippen LogP contribution in [0.5, 0.6) is 0 Å². The number of aldehydes is 1. The molecule has 0 saturated heterocycles. The Morgan fingerprint density at radius 3 is 2.43 bits per heavy atom. The van der Waals surface area contributed by atoms with E-state index in [0.29, 0.717) is 12.0 Å².